The summed E-state index contributed by atoms with van der Waals surface area (Å²) in [4.78, 5) is 31.7. The molecular weight excluding hydrogens is 352 g/mol. The number of aryl methyl sites for hydroxylation is 1. The van der Waals surface area contributed by atoms with Crippen molar-refractivity contribution in [3.05, 3.63) is 65.5 Å². The van der Waals surface area contributed by atoms with Crippen LogP contribution in [0.4, 0.5) is 0 Å². The van der Waals surface area contributed by atoms with Gasteiger partial charge in [0.1, 0.15) is 12.4 Å². The van der Waals surface area contributed by atoms with Crippen molar-refractivity contribution >= 4 is 22.8 Å². The number of hydrogen-bond acceptors (Lipinski definition) is 3. The predicted molar refractivity (Wildman–Crippen MR) is 108 cm³/mol. The average molecular weight is 376 g/mol. The van der Waals surface area contributed by atoms with Crippen LogP contribution in [-0.2, 0) is 17.9 Å². The van der Waals surface area contributed by atoms with Crippen LogP contribution in [0, 0.1) is 6.92 Å². The van der Waals surface area contributed by atoms with Gasteiger partial charge in [-0.05, 0) is 44.0 Å². The van der Waals surface area contributed by atoms with Crippen LogP contribution in [0.15, 0.2) is 48.5 Å². The zero-order valence-electron chi connectivity index (χ0n) is 16.0. The van der Waals surface area contributed by atoms with Gasteiger partial charge in [0.05, 0.1) is 17.6 Å². The maximum Gasteiger partial charge on any atom is 0.251 e. The van der Waals surface area contributed by atoms with Gasteiger partial charge in [0.2, 0.25) is 5.91 Å². The van der Waals surface area contributed by atoms with Crippen LogP contribution in [0.1, 0.15) is 34.6 Å². The highest BCUT2D eigenvalue weighted by molar-refractivity contribution is 5.94. The lowest BCUT2D eigenvalue weighted by Crippen LogP contribution is -2.32. The third-order valence-electron chi connectivity index (χ3n) is 5.21. The fourth-order valence-electron chi connectivity index (χ4n) is 3.60. The molecule has 1 saturated heterocycles. The zero-order chi connectivity index (χ0) is 19.5. The lowest BCUT2D eigenvalue weighted by molar-refractivity contribution is -0.130. The van der Waals surface area contributed by atoms with E-state index in [9.17, 15) is 9.59 Å². The average Bonchev–Trinajstić information content (AvgIpc) is 3.35. The summed E-state index contributed by atoms with van der Waals surface area (Å²) < 4.78 is 1.92. The number of amides is 2. The molecule has 0 atom stereocenters. The summed E-state index contributed by atoms with van der Waals surface area (Å²) in [7, 11) is 0. The van der Waals surface area contributed by atoms with E-state index in [1.165, 1.54) is 0 Å². The van der Waals surface area contributed by atoms with E-state index in [1.807, 2.05) is 64.9 Å². The topological polar surface area (TPSA) is 67.2 Å². The van der Waals surface area contributed by atoms with E-state index in [-0.39, 0.29) is 24.9 Å². The molecule has 6 heteroatoms. The van der Waals surface area contributed by atoms with E-state index < -0.39 is 0 Å². The van der Waals surface area contributed by atoms with Crippen LogP contribution in [0.5, 0.6) is 0 Å². The van der Waals surface area contributed by atoms with Crippen LogP contribution in [-0.4, -0.2) is 39.4 Å². The number of benzene rings is 2. The SMILES string of the molecule is Cc1ccc(C(=O)NCc2nc3ccccc3n2CC(=O)N2CCCC2)cc1. The Morgan fingerprint density at radius 1 is 1.04 bits per heavy atom. The first kappa shape index (κ1) is 18.2. The zero-order valence-corrected chi connectivity index (χ0v) is 16.0. The Morgan fingerprint density at radius 3 is 2.50 bits per heavy atom. The molecule has 0 aliphatic carbocycles. The Morgan fingerprint density at radius 2 is 1.75 bits per heavy atom. The fourth-order valence-corrected chi connectivity index (χ4v) is 3.60. The number of aromatic nitrogens is 2. The largest absolute Gasteiger partial charge is 0.345 e. The van der Waals surface area contributed by atoms with Gasteiger partial charge in [-0.2, -0.15) is 0 Å². The molecule has 2 amide bonds. The van der Waals surface area contributed by atoms with Crippen LogP contribution in [0.3, 0.4) is 0 Å². The van der Waals surface area contributed by atoms with Crippen molar-refractivity contribution in [2.75, 3.05) is 13.1 Å². The third-order valence-corrected chi connectivity index (χ3v) is 5.21. The molecule has 1 fully saturated rings. The first-order chi connectivity index (χ1) is 13.6. The van der Waals surface area contributed by atoms with Gasteiger partial charge in [0, 0.05) is 18.7 Å². The van der Waals surface area contributed by atoms with Gasteiger partial charge in [-0.25, -0.2) is 4.98 Å². The number of nitrogens with zero attached hydrogens (tertiary/aromatic N) is 3. The van der Waals surface area contributed by atoms with Gasteiger partial charge in [-0.3, -0.25) is 9.59 Å². The van der Waals surface area contributed by atoms with Gasteiger partial charge in [-0.1, -0.05) is 29.8 Å². The minimum absolute atomic E-state index is 0.103. The Hall–Kier alpha value is -3.15. The highest BCUT2D eigenvalue weighted by Crippen LogP contribution is 2.18. The van der Waals surface area contributed by atoms with E-state index >= 15 is 0 Å². The van der Waals surface area contributed by atoms with Crippen molar-refractivity contribution in [1.82, 2.24) is 19.8 Å². The van der Waals surface area contributed by atoms with Crippen molar-refractivity contribution in [3.63, 3.8) is 0 Å². The summed E-state index contributed by atoms with van der Waals surface area (Å²) in [6, 6.07) is 15.2. The number of fused-ring (bicyclic) bond motifs is 1. The number of imidazole rings is 1. The first-order valence-electron chi connectivity index (χ1n) is 9.68. The highest BCUT2D eigenvalue weighted by Gasteiger charge is 2.21. The highest BCUT2D eigenvalue weighted by atomic mass is 16.2. The summed E-state index contributed by atoms with van der Waals surface area (Å²) in [6.45, 7) is 4.16. The summed E-state index contributed by atoms with van der Waals surface area (Å²) in [5.74, 6) is 0.644. The number of rotatable bonds is 5. The standard InChI is InChI=1S/C22H24N4O2/c1-16-8-10-17(11-9-16)22(28)23-14-20-24-18-6-2-3-7-19(18)26(20)15-21(27)25-12-4-5-13-25/h2-3,6-11H,4-5,12-15H2,1H3,(H,23,28). The molecule has 28 heavy (non-hydrogen) atoms. The summed E-state index contributed by atoms with van der Waals surface area (Å²) in [5, 5.41) is 2.93. The molecule has 1 aliphatic heterocycles. The monoisotopic (exact) mass is 376 g/mol. The molecule has 0 unspecified atom stereocenters. The second kappa shape index (κ2) is 7.84. The van der Waals surface area contributed by atoms with Crippen molar-refractivity contribution in [2.24, 2.45) is 0 Å². The third kappa shape index (κ3) is 3.76. The van der Waals surface area contributed by atoms with Crippen molar-refractivity contribution in [1.29, 1.82) is 0 Å². The van der Waals surface area contributed by atoms with E-state index in [0.29, 0.717) is 11.4 Å². The Kier molecular flexibility index (Phi) is 5.10. The molecule has 144 valence electrons. The van der Waals surface area contributed by atoms with Crippen molar-refractivity contribution < 1.29 is 9.59 Å². The quantitative estimate of drug-likeness (QED) is 0.745. The molecule has 0 bridgehead atoms. The first-order valence-corrected chi connectivity index (χ1v) is 9.68. The molecule has 1 aliphatic rings. The molecule has 0 spiro atoms. The van der Waals surface area contributed by atoms with Crippen LogP contribution in [0.2, 0.25) is 0 Å². The smallest absolute Gasteiger partial charge is 0.251 e. The van der Waals surface area contributed by atoms with Crippen molar-refractivity contribution in [3.8, 4) is 0 Å². The molecular formula is C22H24N4O2. The number of likely N-dealkylation sites (tertiary alicyclic amines) is 1. The molecule has 0 radical (unpaired) electrons. The van der Waals surface area contributed by atoms with Gasteiger partial charge in [0.25, 0.3) is 5.91 Å². The summed E-state index contributed by atoms with van der Waals surface area (Å²) >= 11 is 0. The normalized spacial score (nSPS) is 13.8. The van der Waals surface area contributed by atoms with Gasteiger partial charge < -0.3 is 14.8 Å². The lowest BCUT2D eigenvalue weighted by Gasteiger charge is -2.17. The van der Waals surface area contributed by atoms with Crippen molar-refractivity contribution in [2.45, 2.75) is 32.9 Å². The molecule has 4 rings (SSSR count). The predicted octanol–water partition coefficient (Wildman–Crippen LogP) is 2.90. The molecule has 1 aromatic heterocycles. The molecule has 2 aromatic carbocycles. The molecule has 1 N–H and O–H groups in total. The molecule has 2 heterocycles. The maximum absolute atomic E-state index is 12.7. The maximum atomic E-state index is 12.7. The van der Waals surface area contributed by atoms with E-state index in [2.05, 4.69) is 10.3 Å². The fraction of sp³-hybridized carbons (Fsp3) is 0.318. The molecule has 0 saturated carbocycles. The molecule has 3 aromatic rings. The number of carbonyl (C=O) groups is 2. The Labute approximate surface area is 164 Å². The minimum Gasteiger partial charge on any atom is -0.345 e. The van der Waals surface area contributed by atoms with Crippen LogP contribution < -0.4 is 5.32 Å². The number of carbonyl (C=O) groups excluding carboxylic acids is 2. The van der Waals surface area contributed by atoms with Gasteiger partial charge in [0.15, 0.2) is 0 Å². The number of hydrogen-bond donors (Lipinski definition) is 1. The number of para-hydroxylation sites is 2. The molecule has 6 nitrogen and oxygen atoms in total. The minimum atomic E-state index is -0.149. The summed E-state index contributed by atoms with van der Waals surface area (Å²) in [6.07, 6.45) is 2.13. The van der Waals surface area contributed by atoms with Crippen LogP contribution >= 0.6 is 0 Å². The second-order valence-electron chi connectivity index (χ2n) is 7.24. The van der Waals surface area contributed by atoms with Gasteiger partial charge in [-0.15, -0.1) is 0 Å². The Balaban J connectivity index is 1.54. The summed E-state index contributed by atoms with van der Waals surface area (Å²) in [5.41, 5.74) is 3.46. The Bertz CT molecular complexity index is 1000. The number of nitrogens with one attached hydrogen (secondary N) is 1. The second-order valence-corrected chi connectivity index (χ2v) is 7.24. The lowest BCUT2D eigenvalue weighted by atomic mass is 10.1. The van der Waals surface area contributed by atoms with Gasteiger partial charge >= 0.3 is 0 Å². The van der Waals surface area contributed by atoms with E-state index in [4.69, 9.17) is 0 Å². The van der Waals surface area contributed by atoms with E-state index in [0.717, 1.165) is 42.5 Å². The van der Waals surface area contributed by atoms with Crippen LogP contribution in [0.25, 0.3) is 11.0 Å². The van der Waals surface area contributed by atoms with E-state index in [1.54, 1.807) is 0 Å².